The second-order valence-corrected chi connectivity index (χ2v) is 2.75. The lowest BCUT2D eigenvalue weighted by Gasteiger charge is -2.24. The second-order valence-electron chi connectivity index (χ2n) is 2.75. The number of nitrogens with two attached hydrogens (primary N) is 1. The van der Waals surface area contributed by atoms with Crippen LogP contribution in [0.25, 0.3) is 0 Å². The molecule has 0 spiro atoms. The van der Waals surface area contributed by atoms with Crippen LogP contribution in [0, 0.1) is 0 Å². The predicted molar refractivity (Wildman–Crippen MR) is 41.8 cm³/mol. The maximum Gasteiger partial charge on any atom is 0.0711 e. The SMILES string of the molecule is CCC(O)C(C)(C)N.Cl. The zero-order valence-corrected chi connectivity index (χ0v) is 7.03. The van der Waals surface area contributed by atoms with Crippen LogP contribution in [0.2, 0.25) is 0 Å². The minimum absolute atomic E-state index is 0. The summed E-state index contributed by atoms with van der Waals surface area (Å²) in [4.78, 5) is 0. The molecule has 58 valence electrons. The third-order valence-electron chi connectivity index (χ3n) is 1.25. The Morgan fingerprint density at radius 1 is 1.56 bits per heavy atom. The van der Waals surface area contributed by atoms with E-state index in [9.17, 15) is 0 Å². The van der Waals surface area contributed by atoms with Gasteiger partial charge in [-0.25, -0.2) is 0 Å². The molecular formula is C6H16ClNO. The van der Waals surface area contributed by atoms with Crippen molar-refractivity contribution in [1.82, 2.24) is 0 Å². The minimum atomic E-state index is -0.436. The van der Waals surface area contributed by atoms with Crippen LogP contribution < -0.4 is 5.73 Å². The molecule has 0 aliphatic carbocycles. The number of hydrogen-bond acceptors (Lipinski definition) is 2. The first-order valence-electron chi connectivity index (χ1n) is 2.95. The maximum absolute atomic E-state index is 9.07. The topological polar surface area (TPSA) is 46.2 Å². The highest BCUT2D eigenvalue weighted by Crippen LogP contribution is 2.06. The molecule has 3 N–H and O–H groups in total. The molecule has 0 amide bonds. The highest BCUT2D eigenvalue weighted by atomic mass is 35.5. The molecule has 0 saturated heterocycles. The Morgan fingerprint density at radius 2 is 1.89 bits per heavy atom. The van der Waals surface area contributed by atoms with Gasteiger partial charge < -0.3 is 10.8 Å². The molecule has 0 aromatic carbocycles. The Labute approximate surface area is 62.9 Å². The molecule has 0 saturated carbocycles. The average molecular weight is 154 g/mol. The standard InChI is InChI=1S/C6H15NO.ClH/c1-4-5(8)6(2,3)7;/h5,8H,4,7H2,1-3H3;1H. The van der Waals surface area contributed by atoms with Crippen molar-refractivity contribution >= 4 is 12.4 Å². The van der Waals surface area contributed by atoms with E-state index in [1.54, 1.807) is 0 Å². The van der Waals surface area contributed by atoms with E-state index in [4.69, 9.17) is 10.8 Å². The van der Waals surface area contributed by atoms with Crippen molar-refractivity contribution in [2.75, 3.05) is 0 Å². The highest BCUT2D eigenvalue weighted by Gasteiger charge is 2.19. The molecule has 3 heteroatoms. The van der Waals surface area contributed by atoms with Crippen LogP contribution >= 0.6 is 12.4 Å². The molecule has 0 heterocycles. The summed E-state index contributed by atoms with van der Waals surface area (Å²) in [5.74, 6) is 0. The molecular weight excluding hydrogens is 138 g/mol. The van der Waals surface area contributed by atoms with Gasteiger partial charge >= 0.3 is 0 Å². The maximum atomic E-state index is 9.07. The summed E-state index contributed by atoms with van der Waals surface area (Å²) in [5, 5.41) is 9.07. The summed E-state index contributed by atoms with van der Waals surface area (Å²) in [7, 11) is 0. The van der Waals surface area contributed by atoms with Gasteiger partial charge in [0, 0.05) is 5.54 Å². The van der Waals surface area contributed by atoms with E-state index in [1.165, 1.54) is 0 Å². The Hall–Kier alpha value is 0.210. The third-order valence-corrected chi connectivity index (χ3v) is 1.25. The molecule has 0 radical (unpaired) electrons. The molecule has 0 aliphatic rings. The van der Waals surface area contributed by atoms with Crippen molar-refractivity contribution in [3.05, 3.63) is 0 Å². The van der Waals surface area contributed by atoms with Crippen molar-refractivity contribution in [1.29, 1.82) is 0 Å². The summed E-state index contributed by atoms with van der Waals surface area (Å²) >= 11 is 0. The van der Waals surface area contributed by atoms with Crippen LogP contribution in [-0.2, 0) is 0 Å². The number of halogens is 1. The van der Waals surface area contributed by atoms with Crippen LogP contribution in [0.15, 0.2) is 0 Å². The Bertz CT molecular complexity index is 69.9. The van der Waals surface area contributed by atoms with Crippen molar-refractivity contribution in [3.8, 4) is 0 Å². The summed E-state index contributed by atoms with van der Waals surface area (Å²) < 4.78 is 0. The van der Waals surface area contributed by atoms with Crippen molar-refractivity contribution in [2.24, 2.45) is 5.73 Å². The van der Waals surface area contributed by atoms with E-state index < -0.39 is 5.54 Å². The van der Waals surface area contributed by atoms with Gasteiger partial charge in [0.2, 0.25) is 0 Å². The number of aliphatic hydroxyl groups excluding tert-OH is 1. The molecule has 0 fully saturated rings. The van der Waals surface area contributed by atoms with Crippen molar-refractivity contribution in [3.63, 3.8) is 0 Å². The Kier molecular flexibility index (Phi) is 5.43. The lowest BCUT2D eigenvalue weighted by molar-refractivity contribution is 0.100. The zero-order valence-electron chi connectivity index (χ0n) is 6.22. The summed E-state index contributed by atoms with van der Waals surface area (Å²) in [6.07, 6.45) is 0.353. The minimum Gasteiger partial charge on any atom is -0.391 e. The summed E-state index contributed by atoms with van der Waals surface area (Å²) in [5.41, 5.74) is 5.10. The van der Waals surface area contributed by atoms with E-state index in [1.807, 2.05) is 20.8 Å². The molecule has 9 heavy (non-hydrogen) atoms. The van der Waals surface area contributed by atoms with Gasteiger partial charge in [-0.05, 0) is 20.3 Å². The number of hydrogen-bond donors (Lipinski definition) is 2. The molecule has 0 aromatic heterocycles. The van der Waals surface area contributed by atoms with E-state index >= 15 is 0 Å². The quantitative estimate of drug-likeness (QED) is 0.620. The van der Waals surface area contributed by atoms with Crippen molar-refractivity contribution < 1.29 is 5.11 Å². The van der Waals surface area contributed by atoms with E-state index in [0.717, 1.165) is 6.42 Å². The number of aliphatic hydroxyl groups is 1. The molecule has 2 nitrogen and oxygen atoms in total. The summed E-state index contributed by atoms with van der Waals surface area (Å²) in [6, 6.07) is 0. The van der Waals surface area contributed by atoms with Crippen LogP contribution in [0.5, 0.6) is 0 Å². The van der Waals surface area contributed by atoms with Gasteiger partial charge in [0.15, 0.2) is 0 Å². The van der Waals surface area contributed by atoms with E-state index in [0.29, 0.717) is 0 Å². The fourth-order valence-electron chi connectivity index (χ4n) is 0.526. The number of rotatable bonds is 2. The molecule has 1 atom stereocenters. The van der Waals surface area contributed by atoms with Crippen LogP contribution in [0.3, 0.4) is 0 Å². The highest BCUT2D eigenvalue weighted by molar-refractivity contribution is 5.85. The summed E-state index contributed by atoms with van der Waals surface area (Å²) in [6.45, 7) is 5.56. The Morgan fingerprint density at radius 3 is 1.89 bits per heavy atom. The van der Waals surface area contributed by atoms with Gasteiger partial charge in [-0.15, -0.1) is 12.4 Å². The van der Waals surface area contributed by atoms with E-state index in [-0.39, 0.29) is 18.5 Å². The molecule has 0 bridgehead atoms. The second kappa shape index (κ2) is 4.09. The first kappa shape index (κ1) is 11.9. The monoisotopic (exact) mass is 153 g/mol. The van der Waals surface area contributed by atoms with Gasteiger partial charge in [-0.2, -0.15) is 0 Å². The van der Waals surface area contributed by atoms with Gasteiger partial charge in [0.05, 0.1) is 6.10 Å². The van der Waals surface area contributed by atoms with Crippen molar-refractivity contribution in [2.45, 2.75) is 38.8 Å². The predicted octanol–water partition coefficient (Wildman–Crippen LogP) is 0.916. The smallest absolute Gasteiger partial charge is 0.0711 e. The molecule has 1 unspecified atom stereocenters. The van der Waals surface area contributed by atoms with E-state index in [2.05, 4.69) is 0 Å². The van der Waals surface area contributed by atoms with Crippen LogP contribution in [0.1, 0.15) is 27.2 Å². The normalized spacial score (nSPS) is 14.3. The molecule has 0 aliphatic heterocycles. The lowest BCUT2D eigenvalue weighted by atomic mass is 9.97. The first-order chi connectivity index (χ1) is 3.48. The zero-order chi connectivity index (χ0) is 6.78. The largest absolute Gasteiger partial charge is 0.391 e. The fourth-order valence-corrected chi connectivity index (χ4v) is 0.526. The van der Waals surface area contributed by atoms with Crippen LogP contribution in [0.4, 0.5) is 0 Å². The first-order valence-corrected chi connectivity index (χ1v) is 2.95. The van der Waals surface area contributed by atoms with Gasteiger partial charge in [0.1, 0.15) is 0 Å². The van der Waals surface area contributed by atoms with Crippen LogP contribution in [-0.4, -0.2) is 16.7 Å². The fraction of sp³-hybridized carbons (Fsp3) is 1.00. The van der Waals surface area contributed by atoms with Gasteiger partial charge in [0.25, 0.3) is 0 Å². The molecule has 0 rings (SSSR count). The van der Waals surface area contributed by atoms with Gasteiger partial charge in [-0.3, -0.25) is 0 Å². The average Bonchev–Trinajstić information content (AvgIpc) is 1.62. The Balaban J connectivity index is 0. The molecule has 0 aromatic rings. The third kappa shape index (κ3) is 4.70. The van der Waals surface area contributed by atoms with Gasteiger partial charge in [-0.1, -0.05) is 6.92 Å². The lowest BCUT2D eigenvalue weighted by Crippen LogP contribution is -2.44.